The van der Waals surface area contributed by atoms with Gasteiger partial charge >= 0.3 is 0 Å². The lowest BCUT2D eigenvalue weighted by Crippen LogP contribution is -2.38. The number of rotatable bonds is 6. The first-order valence-corrected chi connectivity index (χ1v) is 7.98. The first-order chi connectivity index (χ1) is 9.34. The van der Waals surface area contributed by atoms with Crippen molar-refractivity contribution in [2.75, 3.05) is 13.2 Å². The van der Waals surface area contributed by atoms with Gasteiger partial charge in [0.25, 0.3) is 0 Å². The smallest absolute Gasteiger partial charge is 0.244 e. The fourth-order valence-corrected chi connectivity index (χ4v) is 3.96. The maximum absolute atomic E-state index is 12.6. The van der Waals surface area contributed by atoms with Crippen LogP contribution in [0.25, 0.3) is 0 Å². The Morgan fingerprint density at radius 3 is 2.60 bits per heavy atom. The largest absolute Gasteiger partial charge is 0.396 e. The number of nitriles is 1. The number of hydrogen-bond acceptors (Lipinski definition) is 4. The molecule has 110 valence electrons. The zero-order valence-electron chi connectivity index (χ0n) is 11.4. The number of aliphatic hydroxyl groups excluding tert-OH is 1. The van der Waals surface area contributed by atoms with Gasteiger partial charge < -0.3 is 5.11 Å². The highest BCUT2D eigenvalue weighted by atomic mass is 35.5. The summed E-state index contributed by atoms with van der Waals surface area (Å²) in [6, 6.07) is 5.76. The summed E-state index contributed by atoms with van der Waals surface area (Å²) in [4.78, 5) is -0.0788. The van der Waals surface area contributed by atoms with Crippen molar-refractivity contribution in [3.05, 3.63) is 28.8 Å². The van der Waals surface area contributed by atoms with Crippen molar-refractivity contribution in [1.29, 1.82) is 5.26 Å². The Kier molecular flexibility index (Phi) is 5.96. The monoisotopic (exact) mass is 316 g/mol. The quantitative estimate of drug-likeness (QED) is 0.870. The topological polar surface area (TPSA) is 81.4 Å². The highest BCUT2D eigenvalue weighted by Gasteiger charge is 2.28. The molecule has 0 radical (unpaired) electrons. The van der Waals surface area contributed by atoms with E-state index >= 15 is 0 Å². The Morgan fingerprint density at radius 2 is 2.10 bits per heavy atom. The number of hydrogen-bond donors (Lipinski definition) is 1. The first-order valence-electron chi connectivity index (χ1n) is 6.17. The van der Waals surface area contributed by atoms with Gasteiger partial charge in [0.2, 0.25) is 10.0 Å². The minimum atomic E-state index is -3.80. The van der Waals surface area contributed by atoms with E-state index in [-0.39, 0.29) is 34.7 Å². The molecule has 0 aromatic heterocycles. The number of benzene rings is 1. The van der Waals surface area contributed by atoms with Crippen molar-refractivity contribution in [3.63, 3.8) is 0 Å². The predicted octanol–water partition coefficient (Wildman–Crippen LogP) is 1.99. The summed E-state index contributed by atoms with van der Waals surface area (Å²) in [6.07, 6.45) is 0.340. The zero-order valence-corrected chi connectivity index (χ0v) is 12.9. The van der Waals surface area contributed by atoms with Gasteiger partial charge in [-0.3, -0.25) is 0 Å². The summed E-state index contributed by atoms with van der Waals surface area (Å²) in [7, 11) is -3.80. The Bertz CT molecular complexity index is 609. The summed E-state index contributed by atoms with van der Waals surface area (Å²) in [5, 5.41) is 17.8. The van der Waals surface area contributed by atoms with Gasteiger partial charge in [-0.1, -0.05) is 11.6 Å². The van der Waals surface area contributed by atoms with E-state index in [2.05, 4.69) is 0 Å². The predicted molar refractivity (Wildman–Crippen MR) is 76.9 cm³/mol. The van der Waals surface area contributed by atoms with Crippen molar-refractivity contribution in [2.24, 2.45) is 0 Å². The molecular formula is C13H17ClN2O3S. The van der Waals surface area contributed by atoms with Gasteiger partial charge in [0.1, 0.15) is 4.90 Å². The van der Waals surface area contributed by atoms with E-state index in [9.17, 15) is 8.42 Å². The molecule has 5 nitrogen and oxygen atoms in total. The van der Waals surface area contributed by atoms with E-state index in [1.165, 1.54) is 22.5 Å². The van der Waals surface area contributed by atoms with Gasteiger partial charge in [0.15, 0.2) is 0 Å². The molecule has 0 aliphatic heterocycles. The Hall–Kier alpha value is -1.13. The molecule has 0 saturated heterocycles. The Morgan fingerprint density at radius 1 is 1.45 bits per heavy atom. The third-order valence-electron chi connectivity index (χ3n) is 2.76. The van der Waals surface area contributed by atoms with Crippen LogP contribution in [-0.4, -0.2) is 37.0 Å². The average Bonchev–Trinajstić information content (AvgIpc) is 2.38. The van der Waals surface area contributed by atoms with Gasteiger partial charge in [-0.05, 0) is 38.5 Å². The molecular weight excluding hydrogens is 300 g/mol. The van der Waals surface area contributed by atoms with Crippen molar-refractivity contribution in [3.8, 4) is 6.07 Å². The standard InChI is InChI=1S/C13H17ClN2O3S/c1-10(2)16(6-3-7-17)20(18,19)13-8-11(9-15)4-5-12(13)14/h4-5,8,10,17H,3,6-7H2,1-2H3. The van der Waals surface area contributed by atoms with Crippen molar-refractivity contribution in [2.45, 2.75) is 31.2 Å². The SMILES string of the molecule is CC(C)N(CCCO)S(=O)(=O)c1cc(C#N)ccc1Cl. The van der Waals surface area contributed by atoms with E-state index in [1.807, 2.05) is 6.07 Å². The molecule has 0 bridgehead atoms. The molecule has 0 heterocycles. The van der Waals surface area contributed by atoms with Gasteiger partial charge in [-0.2, -0.15) is 9.57 Å². The molecule has 0 amide bonds. The first kappa shape index (κ1) is 16.9. The second-order valence-corrected chi connectivity index (χ2v) is 6.81. The van der Waals surface area contributed by atoms with Crippen LogP contribution in [0.5, 0.6) is 0 Å². The van der Waals surface area contributed by atoms with Crippen LogP contribution in [0, 0.1) is 11.3 Å². The van der Waals surface area contributed by atoms with Gasteiger partial charge in [0, 0.05) is 19.2 Å². The van der Waals surface area contributed by atoms with E-state index < -0.39 is 10.0 Å². The third-order valence-corrected chi connectivity index (χ3v) is 5.32. The summed E-state index contributed by atoms with van der Waals surface area (Å²) in [5.74, 6) is 0. The van der Waals surface area contributed by atoms with Crippen LogP contribution in [0.2, 0.25) is 5.02 Å². The maximum Gasteiger partial charge on any atom is 0.244 e. The lowest BCUT2D eigenvalue weighted by molar-refractivity contribution is 0.258. The van der Waals surface area contributed by atoms with Crippen LogP contribution in [0.1, 0.15) is 25.8 Å². The second-order valence-electron chi connectivity index (χ2n) is 4.54. The fraction of sp³-hybridized carbons (Fsp3) is 0.462. The summed E-state index contributed by atoms with van der Waals surface area (Å²) in [5.41, 5.74) is 0.235. The molecule has 1 rings (SSSR count). The minimum absolute atomic E-state index is 0.0788. The molecule has 0 aliphatic carbocycles. The second kappa shape index (κ2) is 7.04. The average molecular weight is 317 g/mol. The van der Waals surface area contributed by atoms with E-state index in [1.54, 1.807) is 13.8 Å². The molecule has 0 aliphatic rings. The Labute approximate surface area is 124 Å². The molecule has 7 heteroatoms. The van der Waals surface area contributed by atoms with Crippen LogP contribution in [0.4, 0.5) is 0 Å². The van der Waals surface area contributed by atoms with E-state index in [0.29, 0.717) is 6.42 Å². The summed E-state index contributed by atoms with van der Waals surface area (Å²) < 4.78 is 26.5. The van der Waals surface area contributed by atoms with Crippen molar-refractivity contribution in [1.82, 2.24) is 4.31 Å². The van der Waals surface area contributed by atoms with Gasteiger partial charge in [-0.25, -0.2) is 8.42 Å². The molecule has 20 heavy (non-hydrogen) atoms. The van der Waals surface area contributed by atoms with Crippen LogP contribution in [-0.2, 0) is 10.0 Å². The lowest BCUT2D eigenvalue weighted by Gasteiger charge is -2.26. The van der Waals surface area contributed by atoms with Gasteiger partial charge in [0.05, 0.1) is 16.7 Å². The molecule has 0 unspecified atom stereocenters. The maximum atomic E-state index is 12.6. The molecule has 1 aromatic carbocycles. The molecule has 0 atom stereocenters. The van der Waals surface area contributed by atoms with E-state index in [4.69, 9.17) is 22.0 Å². The molecule has 1 N–H and O–H groups in total. The van der Waals surface area contributed by atoms with Crippen LogP contribution < -0.4 is 0 Å². The van der Waals surface area contributed by atoms with Crippen molar-refractivity contribution >= 4 is 21.6 Å². The lowest BCUT2D eigenvalue weighted by atomic mass is 10.2. The van der Waals surface area contributed by atoms with Gasteiger partial charge in [-0.15, -0.1) is 0 Å². The highest BCUT2D eigenvalue weighted by Crippen LogP contribution is 2.27. The summed E-state index contributed by atoms with van der Waals surface area (Å²) in [6.45, 7) is 3.60. The summed E-state index contributed by atoms with van der Waals surface area (Å²) >= 11 is 5.96. The Balaban J connectivity index is 3.29. The molecule has 0 fully saturated rings. The van der Waals surface area contributed by atoms with Crippen LogP contribution in [0.15, 0.2) is 23.1 Å². The van der Waals surface area contributed by atoms with E-state index in [0.717, 1.165) is 0 Å². The minimum Gasteiger partial charge on any atom is -0.396 e. The molecule has 0 saturated carbocycles. The number of nitrogens with zero attached hydrogens (tertiary/aromatic N) is 2. The number of halogens is 1. The van der Waals surface area contributed by atoms with Crippen molar-refractivity contribution < 1.29 is 13.5 Å². The zero-order chi connectivity index (χ0) is 15.3. The normalized spacial score (nSPS) is 11.8. The van der Waals surface area contributed by atoms with Crippen LogP contribution in [0.3, 0.4) is 0 Å². The molecule has 0 spiro atoms. The fourth-order valence-electron chi connectivity index (χ4n) is 1.78. The number of sulfonamides is 1. The third kappa shape index (κ3) is 3.70. The molecule has 1 aromatic rings. The van der Waals surface area contributed by atoms with Crippen LogP contribution >= 0.6 is 11.6 Å². The number of aliphatic hydroxyl groups is 1. The highest BCUT2D eigenvalue weighted by molar-refractivity contribution is 7.89.